The molecule has 4 N–H and O–H groups in total. The van der Waals surface area contributed by atoms with Crippen LogP contribution in [0, 0.1) is 27.7 Å². The lowest BCUT2D eigenvalue weighted by molar-refractivity contribution is 0.392. The first-order valence-corrected chi connectivity index (χ1v) is 11.8. The lowest BCUT2D eigenvalue weighted by atomic mass is 9.79. The maximum Gasteiger partial charge on any atom is 0.494 e. The molecule has 184 valence electrons. The number of pyridine rings is 2. The van der Waals surface area contributed by atoms with E-state index < -0.39 is 7.12 Å². The van der Waals surface area contributed by atoms with Crippen LogP contribution in [0.15, 0.2) is 62.4 Å². The summed E-state index contributed by atoms with van der Waals surface area (Å²) in [6.07, 6.45) is 3.76. The quantitative estimate of drug-likeness (QED) is 0.185. The van der Waals surface area contributed by atoms with Crippen molar-refractivity contribution in [2.24, 2.45) is 0 Å². The maximum atomic E-state index is 8.73. The molecular formula is C24H24BBrN6O4. The molecule has 0 bridgehead atoms. The highest BCUT2D eigenvalue weighted by molar-refractivity contribution is 9.10. The van der Waals surface area contributed by atoms with Gasteiger partial charge in [-0.2, -0.15) is 0 Å². The van der Waals surface area contributed by atoms with Crippen molar-refractivity contribution in [1.29, 1.82) is 0 Å². The zero-order chi connectivity index (χ0) is 25.8. The average molecular weight is 551 g/mol. The van der Waals surface area contributed by atoms with E-state index in [1.165, 1.54) is 0 Å². The van der Waals surface area contributed by atoms with Crippen LogP contribution < -0.4 is 5.46 Å². The molecule has 0 saturated carbocycles. The van der Waals surface area contributed by atoms with Crippen molar-refractivity contribution in [3.05, 3.63) is 76.3 Å². The number of H-pyrrole nitrogens is 2. The van der Waals surface area contributed by atoms with Gasteiger partial charge in [-0.05, 0) is 80.0 Å². The number of halogens is 1. The number of nitrogens with one attached hydrogen (secondary N) is 2. The summed E-state index contributed by atoms with van der Waals surface area (Å²) < 4.78 is 10.7. The highest BCUT2D eigenvalue weighted by Gasteiger charge is 2.21. The summed E-state index contributed by atoms with van der Waals surface area (Å²) in [6.45, 7) is 7.11. The third-order valence-corrected chi connectivity index (χ3v) is 5.86. The molecule has 0 radical (unpaired) electrons. The van der Waals surface area contributed by atoms with Crippen molar-refractivity contribution in [2.75, 3.05) is 0 Å². The minimum absolute atomic E-state index is 0.361. The predicted octanol–water partition coefficient (Wildman–Crippen LogP) is 4.13. The summed E-state index contributed by atoms with van der Waals surface area (Å²) in [5, 5.41) is 27.2. The smallest absolute Gasteiger partial charge is 0.423 e. The summed E-state index contributed by atoms with van der Waals surface area (Å²) in [7, 11) is -1.48. The van der Waals surface area contributed by atoms with Gasteiger partial charge in [0, 0.05) is 28.6 Å². The molecule has 0 spiro atoms. The number of aromatic amines is 2. The van der Waals surface area contributed by atoms with E-state index in [1.807, 2.05) is 62.6 Å². The second kappa shape index (κ2) is 10.9. The topological polar surface area (TPSA) is 150 Å². The van der Waals surface area contributed by atoms with Gasteiger partial charge >= 0.3 is 7.12 Å². The fourth-order valence-corrected chi connectivity index (χ4v) is 3.99. The van der Waals surface area contributed by atoms with Gasteiger partial charge in [0.15, 0.2) is 0 Å². The fourth-order valence-electron chi connectivity index (χ4n) is 3.68. The number of fused-ring (bicyclic) bond motifs is 2. The zero-order valence-corrected chi connectivity index (χ0v) is 21.7. The Balaban J connectivity index is 0.000000133. The number of nitrogens with zero attached hydrogens (tertiary/aromatic N) is 4. The van der Waals surface area contributed by atoms with E-state index in [0.717, 1.165) is 49.4 Å². The summed E-state index contributed by atoms with van der Waals surface area (Å²) in [6, 6.07) is 12.0. The van der Waals surface area contributed by atoms with Crippen LogP contribution in [0.4, 0.5) is 0 Å². The summed E-state index contributed by atoms with van der Waals surface area (Å²) in [5.41, 5.74) is 5.44. The largest absolute Gasteiger partial charge is 0.494 e. The van der Waals surface area contributed by atoms with Gasteiger partial charge < -0.3 is 29.1 Å². The Morgan fingerprint density at radius 1 is 0.750 bits per heavy atom. The molecule has 0 fully saturated rings. The Bertz CT molecular complexity index is 1560. The van der Waals surface area contributed by atoms with Crippen molar-refractivity contribution < 1.29 is 19.1 Å². The minimum Gasteiger partial charge on any atom is -0.423 e. The van der Waals surface area contributed by atoms with Crippen LogP contribution in [-0.4, -0.2) is 47.4 Å². The lowest BCUT2D eigenvalue weighted by Crippen LogP contribution is -2.32. The third kappa shape index (κ3) is 5.56. The van der Waals surface area contributed by atoms with Crippen LogP contribution in [0.3, 0.4) is 0 Å². The van der Waals surface area contributed by atoms with E-state index in [-0.39, 0.29) is 0 Å². The van der Waals surface area contributed by atoms with Gasteiger partial charge in [-0.15, -0.1) is 0 Å². The number of rotatable bonds is 2. The Labute approximate surface area is 215 Å². The van der Waals surface area contributed by atoms with Gasteiger partial charge in [0.2, 0.25) is 0 Å². The first kappa shape index (κ1) is 25.4. The molecule has 10 nitrogen and oxygen atoms in total. The van der Waals surface area contributed by atoms with Crippen LogP contribution in [0.1, 0.15) is 22.9 Å². The standard InChI is InChI=1S/C12H11N3O.C7H5BrN2.C5H8BNO3/c1-7-11(8(2)16-15-7)10-4-3-9-5-6-13-12(9)14-10;8-6-2-1-5-3-4-9-7(5)10-6;1-3-5(6(8)9)4(2)10-7-3/h3-6H,1-2H3,(H,13,14);1-4H,(H,9,10);8-9H,1-2H3. The summed E-state index contributed by atoms with van der Waals surface area (Å²) in [5.74, 6) is 1.25. The Morgan fingerprint density at radius 2 is 1.33 bits per heavy atom. The third-order valence-electron chi connectivity index (χ3n) is 5.42. The predicted molar refractivity (Wildman–Crippen MR) is 141 cm³/mol. The van der Waals surface area contributed by atoms with Crippen molar-refractivity contribution >= 4 is 50.6 Å². The molecule has 0 saturated heterocycles. The summed E-state index contributed by atoms with van der Waals surface area (Å²) >= 11 is 3.29. The number of hydrogen-bond acceptors (Lipinski definition) is 8. The lowest BCUT2D eigenvalue weighted by Gasteiger charge is -1.99. The Morgan fingerprint density at radius 3 is 1.86 bits per heavy atom. The SMILES string of the molecule is Brc1ccc2cc[nH]c2n1.Cc1noc(C)c1-c1ccc2cc[nH]c2n1.Cc1noc(C)c1B(O)O. The van der Waals surface area contributed by atoms with Crippen LogP contribution in [0.2, 0.25) is 0 Å². The van der Waals surface area contributed by atoms with E-state index in [1.54, 1.807) is 13.8 Å². The first-order valence-electron chi connectivity index (χ1n) is 11.0. The molecule has 0 unspecified atom stereocenters. The molecule has 0 amide bonds. The second-order valence-corrected chi connectivity index (χ2v) is 8.78. The van der Waals surface area contributed by atoms with Gasteiger partial charge in [0.1, 0.15) is 27.4 Å². The molecule has 6 aromatic rings. The monoisotopic (exact) mass is 550 g/mol. The van der Waals surface area contributed by atoms with Gasteiger partial charge in [0.25, 0.3) is 0 Å². The molecule has 0 aromatic carbocycles. The van der Waals surface area contributed by atoms with Crippen molar-refractivity contribution in [3.8, 4) is 11.3 Å². The van der Waals surface area contributed by atoms with Gasteiger partial charge in [-0.25, -0.2) is 9.97 Å². The number of hydrogen-bond donors (Lipinski definition) is 4. The van der Waals surface area contributed by atoms with Crippen LogP contribution >= 0.6 is 15.9 Å². The highest BCUT2D eigenvalue weighted by atomic mass is 79.9. The van der Waals surface area contributed by atoms with Gasteiger partial charge in [0.05, 0.1) is 22.6 Å². The second-order valence-electron chi connectivity index (χ2n) is 7.97. The van der Waals surface area contributed by atoms with Crippen LogP contribution in [0.25, 0.3) is 33.3 Å². The average Bonchev–Trinajstić information content (AvgIpc) is 3.62. The fraction of sp³-hybridized carbons (Fsp3) is 0.167. The van der Waals surface area contributed by atoms with Crippen molar-refractivity contribution in [2.45, 2.75) is 27.7 Å². The molecule has 0 atom stereocenters. The molecule has 6 rings (SSSR count). The highest BCUT2D eigenvalue weighted by Crippen LogP contribution is 2.26. The van der Waals surface area contributed by atoms with Gasteiger partial charge in [-0.1, -0.05) is 10.3 Å². The normalized spacial score (nSPS) is 10.6. The maximum absolute atomic E-state index is 8.73. The van der Waals surface area contributed by atoms with E-state index in [0.29, 0.717) is 16.9 Å². The van der Waals surface area contributed by atoms with E-state index in [4.69, 9.17) is 14.6 Å². The number of aromatic nitrogens is 6. The number of aryl methyl sites for hydroxylation is 4. The van der Waals surface area contributed by atoms with Crippen molar-refractivity contribution in [3.63, 3.8) is 0 Å². The molecule has 6 aromatic heterocycles. The molecule has 0 aliphatic carbocycles. The van der Waals surface area contributed by atoms with E-state index in [9.17, 15) is 0 Å². The molecule has 0 aliphatic heterocycles. The molecule has 6 heterocycles. The Kier molecular flexibility index (Phi) is 7.68. The molecular weight excluding hydrogens is 527 g/mol. The first-order chi connectivity index (χ1) is 17.2. The molecule has 0 aliphatic rings. The van der Waals surface area contributed by atoms with E-state index in [2.05, 4.69) is 50.7 Å². The molecule has 36 heavy (non-hydrogen) atoms. The zero-order valence-electron chi connectivity index (χ0n) is 20.1. The minimum atomic E-state index is -1.48. The molecule has 12 heteroatoms. The van der Waals surface area contributed by atoms with Crippen LogP contribution in [0.5, 0.6) is 0 Å². The summed E-state index contributed by atoms with van der Waals surface area (Å²) in [4.78, 5) is 14.9. The van der Waals surface area contributed by atoms with E-state index >= 15 is 0 Å². The van der Waals surface area contributed by atoms with Crippen LogP contribution in [-0.2, 0) is 0 Å². The Hall–Kier alpha value is -3.74. The van der Waals surface area contributed by atoms with Crippen molar-refractivity contribution in [1.82, 2.24) is 30.2 Å². The van der Waals surface area contributed by atoms with Gasteiger partial charge in [-0.3, -0.25) is 0 Å².